The van der Waals surface area contributed by atoms with E-state index in [0.717, 1.165) is 5.56 Å². The Morgan fingerprint density at radius 2 is 2.14 bits per heavy atom. The Balaban J connectivity index is 2.18. The first-order chi connectivity index (χ1) is 9.94. The number of anilines is 1. The van der Waals surface area contributed by atoms with E-state index >= 15 is 0 Å². The lowest BCUT2D eigenvalue weighted by Crippen LogP contribution is -2.46. The van der Waals surface area contributed by atoms with Crippen LogP contribution in [-0.4, -0.2) is 30.6 Å². The molecule has 1 saturated heterocycles. The molecule has 0 aliphatic carbocycles. The fourth-order valence-electron chi connectivity index (χ4n) is 2.48. The normalized spacial score (nSPS) is 17.2. The lowest BCUT2D eigenvalue weighted by molar-refractivity contribution is -0.384. The number of benzene rings is 1. The van der Waals surface area contributed by atoms with Crippen molar-refractivity contribution in [2.45, 2.75) is 19.8 Å². The molecule has 0 bridgehead atoms. The highest BCUT2D eigenvalue weighted by Crippen LogP contribution is 2.32. The third kappa shape index (κ3) is 3.30. The predicted molar refractivity (Wildman–Crippen MR) is 78.0 cm³/mol. The fourth-order valence-corrected chi connectivity index (χ4v) is 2.48. The largest absolute Gasteiger partial charge is 0.381 e. The zero-order chi connectivity index (χ0) is 15.5. The topological polar surface area (TPSA) is 107 Å². The van der Waals surface area contributed by atoms with Crippen LogP contribution in [0.25, 0.3) is 0 Å². The van der Waals surface area contributed by atoms with Gasteiger partial charge in [-0.2, -0.15) is 0 Å². The van der Waals surface area contributed by atoms with Gasteiger partial charge in [-0.3, -0.25) is 14.9 Å². The summed E-state index contributed by atoms with van der Waals surface area (Å²) in [5.41, 5.74) is 6.02. The van der Waals surface area contributed by atoms with Gasteiger partial charge < -0.3 is 15.8 Å². The number of rotatable bonds is 5. The average Bonchev–Trinajstić information content (AvgIpc) is 2.46. The molecule has 0 radical (unpaired) electrons. The van der Waals surface area contributed by atoms with Crippen molar-refractivity contribution in [3.63, 3.8) is 0 Å². The molecule has 21 heavy (non-hydrogen) atoms. The minimum Gasteiger partial charge on any atom is -0.381 e. The maximum atomic E-state index is 11.8. The first kappa shape index (κ1) is 15.2. The SMILES string of the molecule is Cc1ccc(NCC2(C(N)=O)CCOCC2)c([N+](=O)[O-])c1. The van der Waals surface area contributed by atoms with E-state index < -0.39 is 16.2 Å². The van der Waals surface area contributed by atoms with Gasteiger partial charge in [-0.1, -0.05) is 6.07 Å². The quantitative estimate of drug-likeness (QED) is 0.633. The summed E-state index contributed by atoms with van der Waals surface area (Å²) in [6, 6.07) is 4.95. The molecule has 114 valence electrons. The molecule has 2 rings (SSSR count). The van der Waals surface area contributed by atoms with E-state index in [1.165, 1.54) is 6.07 Å². The molecular formula is C14H19N3O4. The summed E-state index contributed by atoms with van der Waals surface area (Å²) in [6.07, 6.45) is 1.05. The van der Waals surface area contributed by atoms with Gasteiger partial charge in [-0.05, 0) is 31.4 Å². The van der Waals surface area contributed by atoms with Gasteiger partial charge in [0.05, 0.1) is 10.3 Å². The van der Waals surface area contributed by atoms with Crippen LogP contribution in [0.5, 0.6) is 0 Å². The zero-order valence-electron chi connectivity index (χ0n) is 11.9. The molecule has 1 aromatic rings. The van der Waals surface area contributed by atoms with Crippen LogP contribution in [0.1, 0.15) is 18.4 Å². The number of primary amides is 1. The van der Waals surface area contributed by atoms with Crippen molar-refractivity contribution in [2.24, 2.45) is 11.1 Å². The van der Waals surface area contributed by atoms with Gasteiger partial charge in [0.2, 0.25) is 5.91 Å². The second-order valence-corrected chi connectivity index (χ2v) is 5.39. The number of nitro groups is 1. The number of aryl methyl sites for hydroxylation is 1. The monoisotopic (exact) mass is 293 g/mol. The van der Waals surface area contributed by atoms with Crippen LogP contribution in [0.3, 0.4) is 0 Å². The minimum absolute atomic E-state index is 0.00156. The summed E-state index contributed by atoms with van der Waals surface area (Å²) >= 11 is 0. The second kappa shape index (κ2) is 6.09. The summed E-state index contributed by atoms with van der Waals surface area (Å²) in [5, 5.41) is 14.1. The number of carbonyl (C=O) groups is 1. The van der Waals surface area contributed by atoms with Crippen molar-refractivity contribution in [1.29, 1.82) is 0 Å². The van der Waals surface area contributed by atoms with Crippen LogP contribution in [0.15, 0.2) is 18.2 Å². The van der Waals surface area contributed by atoms with E-state index in [9.17, 15) is 14.9 Å². The van der Waals surface area contributed by atoms with Gasteiger partial charge in [-0.15, -0.1) is 0 Å². The molecule has 0 spiro atoms. The van der Waals surface area contributed by atoms with Gasteiger partial charge in [0.15, 0.2) is 0 Å². The van der Waals surface area contributed by atoms with Crippen molar-refractivity contribution >= 4 is 17.3 Å². The molecule has 0 unspecified atom stereocenters. The number of amides is 1. The number of carbonyl (C=O) groups excluding carboxylic acids is 1. The zero-order valence-corrected chi connectivity index (χ0v) is 11.9. The van der Waals surface area contributed by atoms with E-state index in [-0.39, 0.29) is 12.2 Å². The maximum absolute atomic E-state index is 11.8. The van der Waals surface area contributed by atoms with Gasteiger partial charge in [0.1, 0.15) is 5.69 Å². The summed E-state index contributed by atoms with van der Waals surface area (Å²) in [4.78, 5) is 22.4. The molecule has 1 fully saturated rings. The second-order valence-electron chi connectivity index (χ2n) is 5.39. The highest BCUT2D eigenvalue weighted by molar-refractivity contribution is 5.82. The average molecular weight is 293 g/mol. The van der Waals surface area contributed by atoms with Crippen LogP contribution < -0.4 is 11.1 Å². The number of hydrogen-bond acceptors (Lipinski definition) is 5. The van der Waals surface area contributed by atoms with E-state index in [0.29, 0.717) is 31.7 Å². The van der Waals surface area contributed by atoms with Gasteiger partial charge >= 0.3 is 0 Å². The van der Waals surface area contributed by atoms with Crippen molar-refractivity contribution < 1.29 is 14.5 Å². The Labute approximate surface area is 122 Å². The van der Waals surface area contributed by atoms with E-state index in [2.05, 4.69) is 5.32 Å². The Kier molecular flexibility index (Phi) is 4.42. The lowest BCUT2D eigenvalue weighted by atomic mass is 9.79. The van der Waals surface area contributed by atoms with Crippen LogP contribution in [0.2, 0.25) is 0 Å². The molecule has 1 amide bonds. The Bertz CT molecular complexity index is 553. The van der Waals surface area contributed by atoms with Gasteiger partial charge in [0, 0.05) is 25.8 Å². The highest BCUT2D eigenvalue weighted by Gasteiger charge is 2.38. The Hall–Kier alpha value is -2.15. The first-order valence-corrected chi connectivity index (χ1v) is 6.81. The number of nitro benzene ring substituents is 1. The van der Waals surface area contributed by atoms with Crippen LogP contribution >= 0.6 is 0 Å². The molecule has 1 aromatic carbocycles. The predicted octanol–water partition coefficient (Wildman–Crippen LogP) is 1.60. The third-order valence-electron chi connectivity index (χ3n) is 3.94. The van der Waals surface area contributed by atoms with E-state index in [1.807, 2.05) is 0 Å². The smallest absolute Gasteiger partial charge is 0.292 e. The summed E-state index contributed by atoms with van der Waals surface area (Å²) in [7, 11) is 0. The number of hydrogen-bond donors (Lipinski definition) is 2. The van der Waals surface area contributed by atoms with E-state index in [4.69, 9.17) is 10.5 Å². The van der Waals surface area contributed by atoms with E-state index in [1.54, 1.807) is 19.1 Å². The van der Waals surface area contributed by atoms with Crippen molar-refractivity contribution in [3.05, 3.63) is 33.9 Å². The molecule has 3 N–H and O–H groups in total. The molecule has 0 aromatic heterocycles. The summed E-state index contributed by atoms with van der Waals surface area (Å²) in [5.74, 6) is -0.395. The maximum Gasteiger partial charge on any atom is 0.292 e. The highest BCUT2D eigenvalue weighted by atomic mass is 16.6. The standard InChI is InChI=1S/C14H19N3O4/c1-10-2-3-11(12(8-10)17(19)20)16-9-14(13(15)18)4-6-21-7-5-14/h2-3,8,16H,4-7,9H2,1H3,(H2,15,18). The third-order valence-corrected chi connectivity index (χ3v) is 3.94. The van der Waals surface area contributed by atoms with Crippen molar-refractivity contribution in [1.82, 2.24) is 0 Å². The van der Waals surface area contributed by atoms with Crippen LogP contribution in [0, 0.1) is 22.5 Å². The molecule has 1 heterocycles. The molecule has 7 heteroatoms. The number of nitrogens with one attached hydrogen (secondary N) is 1. The summed E-state index contributed by atoms with van der Waals surface area (Å²) < 4.78 is 5.26. The summed E-state index contributed by atoms with van der Waals surface area (Å²) in [6.45, 7) is 3.01. The van der Waals surface area contributed by atoms with Gasteiger partial charge in [-0.25, -0.2) is 0 Å². The van der Waals surface area contributed by atoms with Crippen LogP contribution in [-0.2, 0) is 9.53 Å². The minimum atomic E-state index is -0.711. The molecule has 1 aliphatic rings. The fraction of sp³-hybridized carbons (Fsp3) is 0.500. The lowest BCUT2D eigenvalue weighted by Gasteiger charge is -2.34. The van der Waals surface area contributed by atoms with Crippen molar-refractivity contribution in [2.75, 3.05) is 25.1 Å². The molecule has 0 saturated carbocycles. The van der Waals surface area contributed by atoms with Gasteiger partial charge in [0.25, 0.3) is 5.69 Å². The number of nitrogens with two attached hydrogens (primary N) is 1. The number of nitrogens with zero attached hydrogens (tertiary/aromatic N) is 1. The van der Waals surface area contributed by atoms with Crippen molar-refractivity contribution in [3.8, 4) is 0 Å². The molecule has 0 atom stereocenters. The first-order valence-electron chi connectivity index (χ1n) is 6.81. The van der Waals surface area contributed by atoms with Crippen LogP contribution in [0.4, 0.5) is 11.4 Å². The molecule has 7 nitrogen and oxygen atoms in total. The Morgan fingerprint density at radius 1 is 1.48 bits per heavy atom. The number of ether oxygens (including phenoxy) is 1. The molecule has 1 aliphatic heterocycles. The Morgan fingerprint density at radius 3 is 2.71 bits per heavy atom. The molecular weight excluding hydrogens is 274 g/mol.